The highest BCUT2D eigenvalue weighted by Crippen LogP contribution is 2.24. The molecule has 4 rings (SSSR count). The lowest BCUT2D eigenvalue weighted by atomic mass is 9.92. The molecule has 2 aromatic rings. The number of benzene rings is 1. The molecule has 0 radical (unpaired) electrons. The van der Waals surface area contributed by atoms with Gasteiger partial charge in [0.25, 0.3) is 11.5 Å². The molecule has 0 N–H and O–H groups in total. The molecule has 6 heteroatoms. The Morgan fingerprint density at radius 3 is 2.32 bits per heavy atom. The Hall–Kier alpha value is -2.73. The monoisotopic (exact) mass is 379 g/mol. The van der Waals surface area contributed by atoms with E-state index in [4.69, 9.17) is 0 Å². The maximum atomic E-state index is 13.4. The number of carbonyl (C=O) groups is 2. The zero-order valence-electron chi connectivity index (χ0n) is 16.4. The Morgan fingerprint density at radius 1 is 0.964 bits per heavy atom. The quantitative estimate of drug-likeness (QED) is 0.801. The van der Waals surface area contributed by atoms with Gasteiger partial charge in [-0.15, -0.1) is 0 Å². The Kier molecular flexibility index (Phi) is 4.89. The summed E-state index contributed by atoms with van der Waals surface area (Å²) in [5.74, 6) is -0.269. The van der Waals surface area contributed by atoms with Crippen molar-refractivity contribution in [3.05, 3.63) is 63.1 Å². The zero-order chi connectivity index (χ0) is 19.8. The van der Waals surface area contributed by atoms with E-state index in [2.05, 4.69) is 4.90 Å². The third-order valence-electron chi connectivity index (χ3n) is 5.73. The molecule has 28 heavy (non-hydrogen) atoms. The fraction of sp³-hybridized carbons (Fsp3) is 0.409. The molecule has 1 aliphatic heterocycles. The third kappa shape index (κ3) is 3.29. The lowest BCUT2D eigenvalue weighted by Crippen LogP contribution is -2.48. The second-order valence-electron chi connectivity index (χ2n) is 7.77. The van der Waals surface area contributed by atoms with E-state index in [1.807, 2.05) is 38.2 Å². The number of likely N-dealkylation sites (N-methyl/N-ethyl adjacent to an activating group) is 1. The number of aromatic nitrogens is 1. The molecular formula is C22H25N3O3. The molecule has 0 spiro atoms. The number of nitrogens with zero attached hydrogens (tertiary/aromatic N) is 3. The molecule has 1 fully saturated rings. The van der Waals surface area contributed by atoms with Crippen molar-refractivity contribution in [1.29, 1.82) is 0 Å². The first kappa shape index (κ1) is 18.6. The van der Waals surface area contributed by atoms with E-state index in [0.29, 0.717) is 37.2 Å². The van der Waals surface area contributed by atoms with Crippen molar-refractivity contribution in [1.82, 2.24) is 14.4 Å². The van der Waals surface area contributed by atoms with Gasteiger partial charge >= 0.3 is 0 Å². The summed E-state index contributed by atoms with van der Waals surface area (Å²) in [4.78, 5) is 43.0. The van der Waals surface area contributed by atoms with Gasteiger partial charge in [0.2, 0.25) is 0 Å². The van der Waals surface area contributed by atoms with Crippen molar-refractivity contribution in [2.45, 2.75) is 26.2 Å². The number of hydrogen-bond donors (Lipinski definition) is 0. The SMILES string of the molecule is Cc1ccc(-n2c3c(cc(C(=O)N4CCN(C)CC4)c2=O)C(=O)CCC3)cc1. The molecular weight excluding hydrogens is 354 g/mol. The van der Waals surface area contributed by atoms with Crippen LogP contribution in [0.4, 0.5) is 0 Å². The minimum atomic E-state index is -0.332. The summed E-state index contributed by atoms with van der Waals surface area (Å²) >= 11 is 0. The fourth-order valence-corrected chi connectivity index (χ4v) is 3.99. The fourth-order valence-electron chi connectivity index (χ4n) is 3.99. The van der Waals surface area contributed by atoms with E-state index in [9.17, 15) is 14.4 Å². The maximum Gasteiger partial charge on any atom is 0.268 e. The van der Waals surface area contributed by atoms with Gasteiger partial charge in [-0.25, -0.2) is 0 Å². The topological polar surface area (TPSA) is 62.6 Å². The van der Waals surface area contributed by atoms with Gasteiger partial charge in [0.1, 0.15) is 5.56 Å². The van der Waals surface area contributed by atoms with Crippen LogP contribution in [0.15, 0.2) is 35.1 Å². The molecule has 0 atom stereocenters. The van der Waals surface area contributed by atoms with E-state index < -0.39 is 0 Å². The Labute approximate surface area is 164 Å². The number of fused-ring (bicyclic) bond motifs is 1. The largest absolute Gasteiger partial charge is 0.336 e. The minimum Gasteiger partial charge on any atom is -0.336 e. The van der Waals surface area contributed by atoms with Crippen LogP contribution in [-0.4, -0.2) is 59.3 Å². The summed E-state index contributed by atoms with van der Waals surface area (Å²) in [6, 6.07) is 9.17. The average Bonchev–Trinajstić information content (AvgIpc) is 2.69. The van der Waals surface area contributed by atoms with Crippen molar-refractivity contribution < 1.29 is 9.59 Å². The number of Topliss-reactive ketones (excluding diaryl/α,β-unsaturated/α-hetero) is 1. The van der Waals surface area contributed by atoms with Gasteiger partial charge in [0.15, 0.2) is 5.78 Å². The van der Waals surface area contributed by atoms with Gasteiger partial charge in [-0.3, -0.25) is 19.0 Å². The van der Waals surface area contributed by atoms with Crippen molar-refractivity contribution in [2.75, 3.05) is 33.2 Å². The number of aryl methyl sites for hydroxylation is 1. The predicted molar refractivity (Wildman–Crippen MR) is 107 cm³/mol. The van der Waals surface area contributed by atoms with Crippen LogP contribution < -0.4 is 5.56 Å². The van der Waals surface area contributed by atoms with Crippen LogP contribution >= 0.6 is 0 Å². The molecule has 2 aliphatic rings. The van der Waals surface area contributed by atoms with Crippen LogP contribution in [-0.2, 0) is 6.42 Å². The average molecular weight is 379 g/mol. The van der Waals surface area contributed by atoms with Crippen molar-refractivity contribution in [3.63, 3.8) is 0 Å². The third-order valence-corrected chi connectivity index (χ3v) is 5.73. The van der Waals surface area contributed by atoms with Gasteiger partial charge < -0.3 is 9.80 Å². The van der Waals surface area contributed by atoms with Gasteiger partial charge in [0.05, 0.1) is 0 Å². The van der Waals surface area contributed by atoms with Crippen molar-refractivity contribution >= 4 is 11.7 Å². The van der Waals surface area contributed by atoms with Crippen LogP contribution in [0.25, 0.3) is 5.69 Å². The van der Waals surface area contributed by atoms with Crippen molar-refractivity contribution in [2.24, 2.45) is 0 Å². The standard InChI is InChI=1S/C22H25N3O3/c1-15-6-8-16(9-7-15)25-19-4-3-5-20(26)17(19)14-18(22(25)28)21(27)24-12-10-23(2)11-13-24/h6-9,14H,3-5,10-13H2,1-2H3. The zero-order valence-corrected chi connectivity index (χ0v) is 16.4. The summed E-state index contributed by atoms with van der Waals surface area (Å²) < 4.78 is 1.58. The molecule has 146 valence electrons. The number of pyridine rings is 1. The highest BCUT2D eigenvalue weighted by molar-refractivity contribution is 6.02. The summed E-state index contributed by atoms with van der Waals surface area (Å²) in [5, 5.41) is 0. The van der Waals surface area contributed by atoms with Crippen LogP contribution in [0.3, 0.4) is 0 Å². The molecule has 2 heterocycles. The Balaban J connectivity index is 1.86. The molecule has 0 bridgehead atoms. The molecule has 1 amide bonds. The van der Waals surface area contributed by atoms with Crippen LogP contribution in [0.5, 0.6) is 0 Å². The number of amides is 1. The lowest BCUT2D eigenvalue weighted by molar-refractivity contribution is 0.0662. The van der Waals surface area contributed by atoms with Crippen LogP contribution in [0, 0.1) is 6.92 Å². The highest BCUT2D eigenvalue weighted by Gasteiger charge is 2.29. The van der Waals surface area contributed by atoms with E-state index in [1.165, 1.54) is 0 Å². The summed E-state index contributed by atoms with van der Waals surface area (Å²) in [5.41, 5.74) is 2.80. The van der Waals surface area contributed by atoms with Gasteiger partial charge in [-0.05, 0) is 45.0 Å². The highest BCUT2D eigenvalue weighted by atomic mass is 16.2. The Morgan fingerprint density at radius 2 is 1.64 bits per heavy atom. The molecule has 0 unspecified atom stereocenters. The van der Waals surface area contributed by atoms with Gasteiger partial charge in [-0.2, -0.15) is 0 Å². The smallest absolute Gasteiger partial charge is 0.268 e. The van der Waals surface area contributed by atoms with Gasteiger partial charge in [-0.1, -0.05) is 17.7 Å². The van der Waals surface area contributed by atoms with E-state index in [0.717, 1.165) is 30.8 Å². The number of carbonyl (C=O) groups excluding carboxylic acids is 2. The summed E-state index contributed by atoms with van der Waals surface area (Å²) in [7, 11) is 2.02. The first-order valence-corrected chi connectivity index (χ1v) is 9.82. The normalized spacial score (nSPS) is 17.5. The Bertz CT molecular complexity index is 983. The number of piperazine rings is 1. The van der Waals surface area contributed by atoms with Crippen LogP contribution in [0.2, 0.25) is 0 Å². The first-order chi connectivity index (χ1) is 13.5. The first-order valence-electron chi connectivity index (χ1n) is 9.82. The molecule has 1 aliphatic carbocycles. The number of hydrogen-bond acceptors (Lipinski definition) is 4. The molecule has 0 saturated carbocycles. The van der Waals surface area contributed by atoms with E-state index in [1.54, 1.807) is 15.5 Å². The molecule has 6 nitrogen and oxygen atoms in total. The number of ketones is 1. The van der Waals surface area contributed by atoms with E-state index >= 15 is 0 Å². The second-order valence-corrected chi connectivity index (χ2v) is 7.77. The predicted octanol–water partition coefficient (Wildman–Crippen LogP) is 2.05. The molecule has 1 saturated heterocycles. The van der Waals surface area contributed by atoms with Crippen LogP contribution in [0.1, 0.15) is 44.8 Å². The van der Waals surface area contributed by atoms with Crippen molar-refractivity contribution in [3.8, 4) is 5.69 Å². The summed E-state index contributed by atoms with van der Waals surface area (Å²) in [6.07, 6.45) is 1.84. The lowest BCUT2D eigenvalue weighted by Gasteiger charge is -2.32. The molecule has 1 aromatic heterocycles. The van der Waals surface area contributed by atoms with Gasteiger partial charge in [0, 0.05) is 49.5 Å². The minimum absolute atomic E-state index is 0.00883. The molecule has 1 aromatic carbocycles. The number of rotatable bonds is 2. The second kappa shape index (κ2) is 7.36. The summed E-state index contributed by atoms with van der Waals surface area (Å²) in [6.45, 7) is 4.72. The maximum absolute atomic E-state index is 13.4. The van der Waals surface area contributed by atoms with E-state index in [-0.39, 0.29) is 22.8 Å².